The van der Waals surface area contributed by atoms with Gasteiger partial charge in [-0.2, -0.15) is 0 Å². The predicted octanol–water partition coefficient (Wildman–Crippen LogP) is 2.02. The van der Waals surface area contributed by atoms with Crippen LogP contribution in [-0.4, -0.2) is 16.2 Å². The van der Waals surface area contributed by atoms with Crippen LogP contribution >= 0.6 is 11.3 Å². The van der Waals surface area contributed by atoms with Gasteiger partial charge in [0.25, 0.3) is 5.69 Å². The highest BCUT2D eigenvalue weighted by atomic mass is 32.1. The number of fused-ring (bicyclic) bond motifs is 1. The third-order valence-electron chi connectivity index (χ3n) is 1.70. The van der Waals surface area contributed by atoms with E-state index in [0.717, 1.165) is 0 Å². The molecule has 0 atom stereocenters. The molecule has 0 fully saturated rings. The molecule has 0 aliphatic carbocycles. The van der Waals surface area contributed by atoms with Crippen molar-refractivity contribution in [3.05, 3.63) is 33.3 Å². The molecule has 0 unspecified atom stereocenters. The van der Waals surface area contributed by atoms with Crippen molar-refractivity contribution in [3.8, 4) is 0 Å². The fourth-order valence-electron chi connectivity index (χ4n) is 1.10. The van der Waals surface area contributed by atoms with E-state index < -0.39 is 4.92 Å². The van der Waals surface area contributed by atoms with Gasteiger partial charge in [-0.3, -0.25) is 14.9 Å². The lowest BCUT2D eigenvalue weighted by Crippen LogP contribution is -1.87. The number of thiophene rings is 1. The van der Waals surface area contributed by atoms with E-state index in [2.05, 4.69) is 4.98 Å². The van der Waals surface area contributed by atoms with Gasteiger partial charge in [0.1, 0.15) is 11.0 Å². The maximum absolute atomic E-state index is 10.4. The van der Waals surface area contributed by atoms with Crippen molar-refractivity contribution < 1.29 is 9.72 Å². The van der Waals surface area contributed by atoms with Gasteiger partial charge in [0.2, 0.25) is 0 Å². The molecular weight excluding hydrogens is 204 g/mol. The molecule has 2 aromatic heterocycles. The van der Waals surface area contributed by atoms with E-state index in [1.54, 1.807) is 6.07 Å². The zero-order valence-corrected chi connectivity index (χ0v) is 7.65. The van der Waals surface area contributed by atoms with Gasteiger partial charge in [-0.25, -0.2) is 4.98 Å². The van der Waals surface area contributed by atoms with E-state index in [-0.39, 0.29) is 5.69 Å². The minimum atomic E-state index is -0.509. The number of rotatable bonds is 2. The Balaban J connectivity index is 2.65. The van der Waals surface area contributed by atoms with E-state index in [4.69, 9.17) is 0 Å². The molecule has 6 heteroatoms. The summed E-state index contributed by atoms with van der Waals surface area (Å²) in [6.45, 7) is 0. The number of hydrogen-bond acceptors (Lipinski definition) is 5. The fraction of sp³-hybridized carbons (Fsp3) is 0. The van der Waals surface area contributed by atoms with Gasteiger partial charge in [-0.15, -0.1) is 11.3 Å². The molecule has 2 aromatic rings. The first-order valence-corrected chi connectivity index (χ1v) is 4.51. The average molecular weight is 208 g/mol. The molecular formula is C8H4N2O3S. The number of nitro groups is 1. The first kappa shape index (κ1) is 8.76. The van der Waals surface area contributed by atoms with Crippen molar-refractivity contribution in [2.24, 2.45) is 0 Å². The molecule has 0 saturated heterocycles. The summed E-state index contributed by atoms with van der Waals surface area (Å²) in [6, 6.07) is 3.00. The Bertz CT molecular complexity index is 520. The third kappa shape index (κ3) is 1.35. The van der Waals surface area contributed by atoms with Crippen LogP contribution in [0.15, 0.2) is 18.3 Å². The van der Waals surface area contributed by atoms with Crippen LogP contribution in [0, 0.1) is 10.1 Å². The minimum absolute atomic E-state index is 0.0623. The zero-order valence-electron chi connectivity index (χ0n) is 6.84. The summed E-state index contributed by atoms with van der Waals surface area (Å²) in [6.07, 6.45) is 1.89. The lowest BCUT2D eigenvalue weighted by molar-refractivity contribution is -0.385. The lowest BCUT2D eigenvalue weighted by atomic mass is 10.3. The van der Waals surface area contributed by atoms with Gasteiger partial charge < -0.3 is 0 Å². The van der Waals surface area contributed by atoms with Crippen LogP contribution in [-0.2, 0) is 0 Å². The summed E-state index contributed by atoms with van der Waals surface area (Å²) < 4.78 is 0. The summed E-state index contributed by atoms with van der Waals surface area (Å²) in [7, 11) is 0. The van der Waals surface area contributed by atoms with Gasteiger partial charge >= 0.3 is 0 Å². The Morgan fingerprint density at radius 1 is 1.50 bits per heavy atom. The minimum Gasteiger partial charge on any atom is -0.297 e. The molecule has 0 aliphatic heterocycles. The first-order valence-electron chi connectivity index (χ1n) is 3.70. The van der Waals surface area contributed by atoms with E-state index in [1.165, 1.54) is 23.6 Å². The highest BCUT2D eigenvalue weighted by Crippen LogP contribution is 2.25. The van der Waals surface area contributed by atoms with Crippen molar-refractivity contribution in [3.63, 3.8) is 0 Å². The lowest BCUT2D eigenvalue weighted by Gasteiger charge is -1.89. The molecule has 0 spiro atoms. The highest BCUT2D eigenvalue weighted by Gasteiger charge is 2.09. The number of pyridine rings is 1. The van der Waals surface area contributed by atoms with Crippen LogP contribution in [0.1, 0.15) is 9.67 Å². The van der Waals surface area contributed by atoms with E-state index >= 15 is 0 Å². The number of hydrogen-bond donors (Lipinski definition) is 0. The van der Waals surface area contributed by atoms with Crippen LogP contribution in [0.25, 0.3) is 10.2 Å². The monoisotopic (exact) mass is 208 g/mol. The van der Waals surface area contributed by atoms with Crippen molar-refractivity contribution in [2.45, 2.75) is 0 Å². The molecule has 0 aliphatic rings. The van der Waals surface area contributed by atoms with Gasteiger partial charge in [0.05, 0.1) is 9.80 Å². The van der Waals surface area contributed by atoms with Crippen LogP contribution < -0.4 is 0 Å². The SMILES string of the molecule is O=Cc1cc2cc([N+](=O)[O-])cnc2s1. The molecule has 2 rings (SSSR count). The van der Waals surface area contributed by atoms with Crippen LogP contribution in [0.5, 0.6) is 0 Å². The van der Waals surface area contributed by atoms with Gasteiger partial charge in [-0.1, -0.05) is 0 Å². The van der Waals surface area contributed by atoms with Crippen molar-refractivity contribution in [1.29, 1.82) is 0 Å². The number of aldehydes is 1. The summed E-state index contributed by atoms with van der Waals surface area (Å²) in [5.74, 6) is 0. The molecule has 70 valence electrons. The first-order chi connectivity index (χ1) is 6.70. The zero-order chi connectivity index (χ0) is 10.1. The largest absolute Gasteiger partial charge is 0.297 e. The van der Waals surface area contributed by atoms with E-state index in [9.17, 15) is 14.9 Å². The molecule has 0 amide bonds. The van der Waals surface area contributed by atoms with Crippen LogP contribution in [0.4, 0.5) is 5.69 Å². The topological polar surface area (TPSA) is 73.1 Å². The molecule has 0 N–H and O–H groups in total. The standard InChI is InChI=1S/C8H4N2O3S/c11-4-7-2-5-1-6(10(12)13)3-9-8(5)14-7/h1-4H. The smallest absolute Gasteiger partial charge is 0.288 e. The Morgan fingerprint density at radius 3 is 2.93 bits per heavy atom. The molecule has 0 aromatic carbocycles. The Kier molecular flexibility index (Phi) is 1.97. The van der Waals surface area contributed by atoms with Gasteiger partial charge in [0, 0.05) is 11.5 Å². The van der Waals surface area contributed by atoms with Crippen LogP contribution in [0.3, 0.4) is 0 Å². The van der Waals surface area contributed by atoms with E-state index in [1.807, 2.05) is 0 Å². The van der Waals surface area contributed by atoms with Crippen LogP contribution in [0.2, 0.25) is 0 Å². The number of carbonyl (C=O) groups excluding carboxylic acids is 1. The third-order valence-corrected chi connectivity index (χ3v) is 2.69. The van der Waals surface area contributed by atoms with Crippen molar-refractivity contribution in [2.75, 3.05) is 0 Å². The van der Waals surface area contributed by atoms with Gasteiger partial charge in [-0.05, 0) is 6.07 Å². The number of nitrogens with zero attached hydrogens (tertiary/aromatic N) is 2. The summed E-state index contributed by atoms with van der Waals surface area (Å²) in [4.78, 5) is 25.4. The van der Waals surface area contributed by atoms with Crippen molar-refractivity contribution >= 4 is 33.5 Å². The quantitative estimate of drug-likeness (QED) is 0.430. The molecule has 0 saturated carbocycles. The summed E-state index contributed by atoms with van der Waals surface area (Å²) in [5.41, 5.74) is -0.0623. The van der Waals surface area contributed by atoms with Crippen molar-refractivity contribution in [1.82, 2.24) is 4.98 Å². The maximum atomic E-state index is 10.4. The number of carbonyl (C=O) groups is 1. The summed E-state index contributed by atoms with van der Waals surface area (Å²) in [5, 5.41) is 11.1. The molecule has 0 radical (unpaired) electrons. The average Bonchev–Trinajstić information content (AvgIpc) is 2.58. The Labute approximate surface area is 82.2 Å². The van der Waals surface area contributed by atoms with E-state index in [0.29, 0.717) is 21.4 Å². The van der Waals surface area contributed by atoms with Gasteiger partial charge in [0.15, 0.2) is 6.29 Å². The summed E-state index contributed by atoms with van der Waals surface area (Å²) >= 11 is 1.22. The predicted molar refractivity (Wildman–Crippen MR) is 51.7 cm³/mol. The normalized spacial score (nSPS) is 10.3. The second-order valence-electron chi connectivity index (χ2n) is 2.61. The fourth-order valence-corrected chi connectivity index (χ4v) is 1.90. The molecule has 14 heavy (non-hydrogen) atoms. The second kappa shape index (κ2) is 3.15. The molecule has 0 bridgehead atoms. The maximum Gasteiger partial charge on any atom is 0.288 e. The number of aromatic nitrogens is 1. The molecule has 5 nitrogen and oxygen atoms in total. The molecule has 2 heterocycles. The highest BCUT2D eigenvalue weighted by molar-refractivity contribution is 7.20. The second-order valence-corrected chi connectivity index (χ2v) is 3.67. The Hall–Kier alpha value is -1.82. The Morgan fingerprint density at radius 2 is 2.29 bits per heavy atom.